The SMILES string of the molecule is Cl.Cl.NC[C@H]1CC[C@@H](C(=O)Nc2ccc(-c3cn4cccnc4n3)cc2)O1. The van der Waals surface area contributed by atoms with Gasteiger partial charge in [-0.25, -0.2) is 9.97 Å². The first-order chi connectivity index (χ1) is 12.2. The third-order valence-corrected chi connectivity index (χ3v) is 4.35. The van der Waals surface area contributed by atoms with E-state index >= 15 is 0 Å². The topological polar surface area (TPSA) is 94.5 Å². The predicted molar refractivity (Wildman–Crippen MR) is 108 cm³/mol. The monoisotopic (exact) mass is 409 g/mol. The number of anilines is 1. The summed E-state index contributed by atoms with van der Waals surface area (Å²) in [6.07, 6.45) is 6.65. The van der Waals surface area contributed by atoms with Gasteiger partial charge in [-0.2, -0.15) is 0 Å². The number of nitrogens with one attached hydrogen (secondary N) is 1. The number of halogens is 2. The molecule has 9 heteroatoms. The van der Waals surface area contributed by atoms with Crippen LogP contribution in [0.1, 0.15) is 12.8 Å². The standard InChI is InChI=1S/C18H19N5O2.2ClH/c19-10-14-6-7-16(25-14)17(24)21-13-4-2-12(3-5-13)15-11-23-9-1-8-20-18(23)22-15;;/h1-5,8-9,11,14,16H,6-7,10,19H2,(H,21,24);2*1H/t14-,16+;;/m1../s1. The molecule has 0 spiro atoms. The molecule has 0 unspecified atom stereocenters. The van der Waals surface area contributed by atoms with Crippen LogP contribution in [0.5, 0.6) is 0 Å². The zero-order chi connectivity index (χ0) is 17.2. The van der Waals surface area contributed by atoms with Gasteiger partial charge in [0.2, 0.25) is 5.78 Å². The van der Waals surface area contributed by atoms with E-state index in [-0.39, 0.29) is 36.8 Å². The van der Waals surface area contributed by atoms with Crippen LogP contribution in [0.25, 0.3) is 17.0 Å². The molecule has 1 fully saturated rings. The Morgan fingerprint density at radius 3 is 2.70 bits per heavy atom. The van der Waals surface area contributed by atoms with Gasteiger partial charge >= 0.3 is 0 Å². The van der Waals surface area contributed by atoms with Crippen molar-refractivity contribution >= 4 is 42.2 Å². The fraction of sp³-hybridized carbons (Fsp3) is 0.278. The van der Waals surface area contributed by atoms with E-state index in [0.29, 0.717) is 18.7 Å². The Morgan fingerprint density at radius 2 is 2.04 bits per heavy atom. The first kappa shape index (κ1) is 21.1. The summed E-state index contributed by atoms with van der Waals surface area (Å²) in [4.78, 5) is 20.9. The summed E-state index contributed by atoms with van der Waals surface area (Å²) >= 11 is 0. The number of aromatic nitrogens is 3. The van der Waals surface area contributed by atoms with Crippen LogP contribution in [0.2, 0.25) is 0 Å². The molecule has 3 N–H and O–H groups in total. The molecule has 0 bridgehead atoms. The van der Waals surface area contributed by atoms with Gasteiger partial charge in [0.1, 0.15) is 6.10 Å². The van der Waals surface area contributed by atoms with E-state index in [1.807, 2.05) is 47.1 Å². The molecule has 1 aliphatic rings. The Balaban J connectivity index is 0.00000131. The van der Waals surface area contributed by atoms with Crippen molar-refractivity contribution < 1.29 is 9.53 Å². The third kappa shape index (κ3) is 4.56. The number of carbonyl (C=O) groups excluding carboxylic acids is 1. The Bertz CT molecular complexity index is 867. The summed E-state index contributed by atoms with van der Waals surface area (Å²) in [5.41, 5.74) is 8.11. The number of ether oxygens (including phenoxy) is 1. The minimum absolute atomic E-state index is 0. The van der Waals surface area contributed by atoms with Crippen LogP contribution < -0.4 is 11.1 Å². The molecule has 144 valence electrons. The molecule has 0 aliphatic carbocycles. The number of nitrogens with two attached hydrogens (primary N) is 1. The normalized spacial score (nSPS) is 18.6. The second kappa shape index (κ2) is 9.14. The van der Waals surface area contributed by atoms with Gasteiger partial charge in [0.25, 0.3) is 5.91 Å². The molecule has 0 radical (unpaired) electrons. The maximum Gasteiger partial charge on any atom is 0.253 e. The highest BCUT2D eigenvalue weighted by Gasteiger charge is 2.29. The van der Waals surface area contributed by atoms with E-state index in [1.54, 1.807) is 6.20 Å². The Kier molecular flexibility index (Phi) is 7.15. The molecule has 1 aliphatic heterocycles. The number of imidazole rings is 1. The lowest BCUT2D eigenvalue weighted by molar-refractivity contribution is -0.126. The number of benzene rings is 1. The van der Waals surface area contributed by atoms with Crippen molar-refractivity contribution in [3.05, 3.63) is 48.9 Å². The van der Waals surface area contributed by atoms with Crippen molar-refractivity contribution in [2.75, 3.05) is 11.9 Å². The molecule has 3 heterocycles. The van der Waals surface area contributed by atoms with Gasteiger partial charge in [-0.15, -0.1) is 24.8 Å². The van der Waals surface area contributed by atoms with Gasteiger partial charge in [0.15, 0.2) is 0 Å². The number of hydrogen-bond acceptors (Lipinski definition) is 5. The van der Waals surface area contributed by atoms with E-state index in [4.69, 9.17) is 10.5 Å². The van der Waals surface area contributed by atoms with Crippen LogP contribution in [0.3, 0.4) is 0 Å². The van der Waals surface area contributed by atoms with Gasteiger partial charge in [-0.3, -0.25) is 9.20 Å². The number of fused-ring (bicyclic) bond motifs is 1. The highest BCUT2D eigenvalue weighted by molar-refractivity contribution is 5.94. The molecule has 1 saturated heterocycles. The number of hydrogen-bond donors (Lipinski definition) is 2. The van der Waals surface area contributed by atoms with Crippen LogP contribution in [0, 0.1) is 0 Å². The van der Waals surface area contributed by atoms with E-state index in [0.717, 1.165) is 23.4 Å². The van der Waals surface area contributed by atoms with Crippen LogP contribution in [-0.4, -0.2) is 39.0 Å². The lowest BCUT2D eigenvalue weighted by Crippen LogP contribution is -2.29. The summed E-state index contributed by atoms with van der Waals surface area (Å²) in [7, 11) is 0. The summed E-state index contributed by atoms with van der Waals surface area (Å²) in [6, 6.07) is 9.43. The Morgan fingerprint density at radius 1 is 1.26 bits per heavy atom. The minimum atomic E-state index is -0.419. The molecule has 0 saturated carbocycles. The molecular weight excluding hydrogens is 389 g/mol. The van der Waals surface area contributed by atoms with Crippen molar-refractivity contribution in [2.24, 2.45) is 5.73 Å². The number of amides is 1. The predicted octanol–water partition coefficient (Wildman–Crippen LogP) is 2.68. The molecule has 2 aromatic heterocycles. The van der Waals surface area contributed by atoms with Crippen LogP contribution in [0.4, 0.5) is 5.69 Å². The minimum Gasteiger partial charge on any atom is -0.364 e. The third-order valence-electron chi connectivity index (χ3n) is 4.35. The number of nitrogens with zero attached hydrogens (tertiary/aromatic N) is 3. The zero-order valence-corrected chi connectivity index (χ0v) is 16.1. The van der Waals surface area contributed by atoms with Crippen LogP contribution in [-0.2, 0) is 9.53 Å². The van der Waals surface area contributed by atoms with Crippen molar-refractivity contribution in [3.8, 4) is 11.3 Å². The van der Waals surface area contributed by atoms with Gasteiger partial charge in [-0.05, 0) is 31.0 Å². The fourth-order valence-electron chi connectivity index (χ4n) is 2.99. The van der Waals surface area contributed by atoms with Gasteiger partial charge in [-0.1, -0.05) is 12.1 Å². The van der Waals surface area contributed by atoms with Gasteiger partial charge < -0.3 is 15.8 Å². The van der Waals surface area contributed by atoms with E-state index in [2.05, 4.69) is 15.3 Å². The second-order valence-corrected chi connectivity index (χ2v) is 6.08. The maximum atomic E-state index is 12.2. The quantitative estimate of drug-likeness (QED) is 0.690. The number of rotatable bonds is 4. The highest BCUT2D eigenvalue weighted by Crippen LogP contribution is 2.23. The molecule has 3 aromatic rings. The maximum absolute atomic E-state index is 12.2. The average molecular weight is 410 g/mol. The summed E-state index contributed by atoms with van der Waals surface area (Å²) < 4.78 is 7.49. The summed E-state index contributed by atoms with van der Waals surface area (Å²) in [5.74, 6) is 0.531. The largest absolute Gasteiger partial charge is 0.364 e. The Labute approximate surface area is 169 Å². The fourth-order valence-corrected chi connectivity index (χ4v) is 2.99. The molecule has 1 amide bonds. The molecule has 4 rings (SSSR count). The molecule has 27 heavy (non-hydrogen) atoms. The highest BCUT2D eigenvalue weighted by atomic mass is 35.5. The smallest absolute Gasteiger partial charge is 0.253 e. The zero-order valence-electron chi connectivity index (χ0n) is 14.4. The molecule has 2 atom stereocenters. The molecule has 7 nitrogen and oxygen atoms in total. The van der Waals surface area contributed by atoms with Crippen LogP contribution >= 0.6 is 24.8 Å². The first-order valence-electron chi connectivity index (χ1n) is 8.29. The van der Waals surface area contributed by atoms with E-state index in [1.165, 1.54) is 0 Å². The lowest BCUT2D eigenvalue weighted by Gasteiger charge is -2.12. The van der Waals surface area contributed by atoms with Crippen molar-refractivity contribution in [1.29, 1.82) is 0 Å². The van der Waals surface area contributed by atoms with Crippen molar-refractivity contribution in [3.63, 3.8) is 0 Å². The van der Waals surface area contributed by atoms with E-state index < -0.39 is 6.10 Å². The average Bonchev–Trinajstić information content (AvgIpc) is 3.29. The first-order valence-corrected chi connectivity index (χ1v) is 8.29. The van der Waals surface area contributed by atoms with Gasteiger partial charge in [0, 0.05) is 36.4 Å². The molecular formula is C18H21Cl2N5O2. The van der Waals surface area contributed by atoms with Crippen molar-refractivity contribution in [2.45, 2.75) is 25.0 Å². The van der Waals surface area contributed by atoms with Crippen LogP contribution in [0.15, 0.2) is 48.9 Å². The second-order valence-electron chi connectivity index (χ2n) is 6.08. The summed E-state index contributed by atoms with van der Waals surface area (Å²) in [6.45, 7) is 0.451. The van der Waals surface area contributed by atoms with Gasteiger partial charge in [0.05, 0.1) is 11.8 Å². The number of carbonyl (C=O) groups is 1. The Hall–Kier alpha value is -2.19. The molecule has 1 aromatic carbocycles. The lowest BCUT2D eigenvalue weighted by atomic mass is 10.1. The summed E-state index contributed by atoms with van der Waals surface area (Å²) in [5, 5.41) is 2.89. The van der Waals surface area contributed by atoms with Crippen molar-refractivity contribution in [1.82, 2.24) is 14.4 Å². The van der Waals surface area contributed by atoms with E-state index in [9.17, 15) is 4.79 Å².